The molecule has 0 aliphatic carbocycles. The van der Waals surface area contributed by atoms with Crippen LogP contribution in [-0.4, -0.2) is 29.6 Å². The summed E-state index contributed by atoms with van der Waals surface area (Å²) >= 11 is 0. The number of nitrogens with zero attached hydrogens (tertiary/aromatic N) is 1. The summed E-state index contributed by atoms with van der Waals surface area (Å²) in [6.45, 7) is 7.01. The van der Waals surface area contributed by atoms with Crippen molar-refractivity contribution in [3.63, 3.8) is 0 Å². The molecule has 1 saturated heterocycles. The van der Waals surface area contributed by atoms with Crippen molar-refractivity contribution in [2.45, 2.75) is 32.4 Å². The molecule has 0 spiro atoms. The van der Waals surface area contributed by atoms with Crippen LogP contribution in [0.15, 0.2) is 30.3 Å². The maximum absolute atomic E-state index is 11.6. The first kappa shape index (κ1) is 12.1. The average Bonchev–Trinajstić information content (AvgIpc) is 2.95. The third-order valence-electron chi connectivity index (χ3n) is 2.65. The van der Waals surface area contributed by atoms with Crippen LogP contribution in [0, 0.1) is 0 Å². The van der Waals surface area contributed by atoms with E-state index in [-0.39, 0.29) is 5.97 Å². The van der Waals surface area contributed by atoms with E-state index in [2.05, 4.69) is 17.0 Å². The lowest BCUT2D eigenvalue weighted by Gasteiger charge is -2.19. The van der Waals surface area contributed by atoms with Gasteiger partial charge < -0.3 is 4.74 Å². The Labute approximate surface area is 102 Å². The van der Waals surface area contributed by atoms with Gasteiger partial charge in [-0.05, 0) is 26.3 Å². The molecular weight excluding hydrogens is 214 g/mol. The lowest BCUT2D eigenvalue weighted by atomic mass is 10.2. The molecule has 1 aromatic rings. The Morgan fingerprint density at radius 1 is 1.35 bits per heavy atom. The van der Waals surface area contributed by atoms with Crippen molar-refractivity contribution < 1.29 is 9.53 Å². The van der Waals surface area contributed by atoms with Crippen molar-refractivity contribution in [1.82, 2.24) is 4.90 Å². The standard InChI is InChI=1S/C14H19NO2/c1-14(2,3)17-13(16)10-15-9-12(15)11-7-5-4-6-8-11/h4-8,12H,9-10H2,1-3H3/t12-,15?/m1/s1. The number of hydrogen-bond donors (Lipinski definition) is 0. The molecule has 2 rings (SSSR count). The van der Waals surface area contributed by atoms with Gasteiger partial charge in [-0.2, -0.15) is 0 Å². The summed E-state index contributed by atoms with van der Waals surface area (Å²) in [7, 11) is 0. The van der Waals surface area contributed by atoms with Crippen LogP contribution in [0.1, 0.15) is 32.4 Å². The molecule has 0 N–H and O–H groups in total. The molecule has 0 amide bonds. The van der Waals surface area contributed by atoms with Crippen LogP contribution in [-0.2, 0) is 9.53 Å². The third kappa shape index (κ3) is 3.56. The zero-order valence-corrected chi connectivity index (χ0v) is 10.6. The summed E-state index contributed by atoms with van der Waals surface area (Å²) in [6, 6.07) is 10.6. The summed E-state index contributed by atoms with van der Waals surface area (Å²) < 4.78 is 5.29. The van der Waals surface area contributed by atoms with E-state index in [4.69, 9.17) is 4.74 Å². The highest BCUT2D eigenvalue weighted by molar-refractivity contribution is 5.72. The Morgan fingerprint density at radius 3 is 2.59 bits per heavy atom. The number of rotatable bonds is 3. The predicted molar refractivity (Wildman–Crippen MR) is 66.6 cm³/mol. The van der Waals surface area contributed by atoms with Crippen LogP contribution in [0.25, 0.3) is 0 Å². The first-order valence-electron chi connectivity index (χ1n) is 5.96. The molecule has 17 heavy (non-hydrogen) atoms. The van der Waals surface area contributed by atoms with Crippen molar-refractivity contribution in [1.29, 1.82) is 0 Å². The Morgan fingerprint density at radius 2 is 2.00 bits per heavy atom. The van der Waals surface area contributed by atoms with Gasteiger partial charge in [0.15, 0.2) is 0 Å². The van der Waals surface area contributed by atoms with Crippen LogP contribution in [0.4, 0.5) is 0 Å². The Kier molecular flexibility index (Phi) is 3.20. The highest BCUT2D eigenvalue weighted by Gasteiger charge is 2.37. The Balaban J connectivity index is 1.83. The maximum Gasteiger partial charge on any atom is 0.320 e. The molecule has 1 aliphatic rings. The van der Waals surface area contributed by atoms with E-state index in [0.717, 1.165) is 6.54 Å². The minimum atomic E-state index is -0.394. The van der Waals surface area contributed by atoms with Crippen LogP contribution in [0.5, 0.6) is 0 Å². The highest BCUT2D eigenvalue weighted by atomic mass is 16.6. The van der Waals surface area contributed by atoms with Crippen molar-refractivity contribution in [2.24, 2.45) is 0 Å². The molecule has 1 heterocycles. The Hall–Kier alpha value is -1.35. The SMILES string of the molecule is CC(C)(C)OC(=O)CN1C[C@@H]1c1ccccc1. The fraction of sp³-hybridized carbons (Fsp3) is 0.500. The molecule has 1 aliphatic heterocycles. The smallest absolute Gasteiger partial charge is 0.320 e. The number of esters is 1. The minimum Gasteiger partial charge on any atom is -0.459 e. The van der Waals surface area contributed by atoms with Crippen molar-refractivity contribution in [3.8, 4) is 0 Å². The number of hydrogen-bond acceptors (Lipinski definition) is 3. The quantitative estimate of drug-likeness (QED) is 0.593. The normalized spacial score (nSPS) is 23.2. The molecule has 0 saturated carbocycles. The zero-order chi connectivity index (χ0) is 12.5. The van der Waals surface area contributed by atoms with Gasteiger partial charge in [0.05, 0.1) is 6.54 Å². The second-order valence-electron chi connectivity index (χ2n) is 5.44. The highest BCUT2D eigenvalue weighted by Crippen LogP contribution is 2.34. The van der Waals surface area contributed by atoms with E-state index in [0.29, 0.717) is 12.6 Å². The monoisotopic (exact) mass is 233 g/mol. The van der Waals surface area contributed by atoms with E-state index < -0.39 is 5.60 Å². The van der Waals surface area contributed by atoms with Crippen LogP contribution in [0.3, 0.4) is 0 Å². The third-order valence-corrected chi connectivity index (χ3v) is 2.65. The molecule has 3 nitrogen and oxygen atoms in total. The molecule has 0 bridgehead atoms. The molecule has 1 aromatic carbocycles. The summed E-state index contributed by atoms with van der Waals surface area (Å²) in [5.41, 5.74) is 0.881. The van der Waals surface area contributed by atoms with Crippen LogP contribution < -0.4 is 0 Å². The first-order chi connectivity index (χ1) is 7.96. The summed E-state index contributed by atoms with van der Waals surface area (Å²) in [6.07, 6.45) is 0. The van der Waals surface area contributed by atoms with E-state index in [9.17, 15) is 4.79 Å². The van der Waals surface area contributed by atoms with E-state index in [1.54, 1.807) is 0 Å². The van der Waals surface area contributed by atoms with Crippen LogP contribution in [0.2, 0.25) is 0 Å². The molecule has 0 radical (unpaired) electrons. The lowest BCUT2D eigenvalue weighted by Crippen LogP contribution is -2.28. The molecule has 1 unspecified atom stereocenters. The van der Waals surface area contributed by atoms with E-state index >= 15 is 0 Å². The lowest BCUT2D eigenvalue weighted by molar-refractivity contribution is -0.154. The largest absolute Gasteiger partial charge is 0.459 e. The maximum atomic E-state index is 11.6. The van der Waals surface area contributed by atoms with E-state index in [1.807, 2.05) is 39.0 Å². The molecule has 92 valence electrons. The van der Waals surface area contributed by atoms with Crippen molar-refractivity contribution in [3.05, 3.63) is 35.9 Å². The summed E-state index contributed by atoms with van der Waals surface area (Å²) in [4.78, 5) is 13.7. The van der Waals surface area contributed by atoms with Gasteiger partial charge in [-0.1, -0.05) is 30.3 Å². The van der Waals surface area contributed by atoms with Gasteiger partial charge in [-0.3, -0.25) is 9.69 Å². The molecular formula is C14H19NO2. The second-order valence-corrected chi connectivity index (χ2v) is 5.44. The molecule has 0 aromatic heterocycles. The second kappa shape index (κ2) is 4.49. The minimum absolute atomic E-state index is 0.143. The fourth-order valence-corrected chi connectivity index (χ4v) is 1.88. The summed E-state index contributed by atoms with van der Waals surface area (Å²) in [5.74, 6) is -0.143. The van der Waals surface area contributed by atoms with Gasteiger partial charge in [0.2, 0.25) is 0 Å². The molecule has 1 fully saturated rings. The van der Waals surface area contributed by atoms with Gasteiger partial charge in [0.25, 0.3) is 0 Å². The molecule has 3 heteroatoms. The van der Waals surface area contributed by atoms with Gasteiger partial charge >= 0.3 is 5.97 Å². The predicted octanol–water partition coefficient (Wildman–Crippen LogP) is 2.39. The van der Waals surface area contributed by atoms with Crippen LogP contribution >= 0.6 is 0 Å². The van der Waals surface area contributed by atoms with Gasteiger partial charge in [-0.15, -0.1) is 0 Å². The van der Waals surface area contributed by atoms with Gasteiger partial charge in [0, 0.05) is 12.6 Å². The van der Waals surface area contributed by atoms with Crippen molar-refractivity contribution in [2.75, 3.05) is 13.1 Å². The zero-order valence-electron chi connectivity index (χ0n) is 10.6. The number of carbonyl (C=O) groups excluding carboxylic acids is 1. The average molecular weight is 233 g/mol. The van der Waals surface area contributed by atoms with E-state index in [1.165, 1.54) is 5.56 Å². The summed E-state index contributed by atoms with van der Waals surface area (Å²) in [5, 5.41) is 0. The van der Waals surface area contributed by atoms with Gasteiger partial charge in [0.1, 0.15) is 5.60 Å². The number of ether oxygens (including phenoxy) is 1. The number of carbonyl (C=O) groups is 1. The fourth-order valence-electron chi connectivity index (χ4n) is 1.88. The molecule has 2 atom stereocenters. The first-order valence-corrected chi connectivity index (χ1v) is 5.96. The Bertz CT molecular complexity index is 394. The number of benzene rings is 1. The topological polar surface area (TPSA) is 29.3 Å². The van der Waals surface area contributed by atoms with Crippen molar-refractivity contribution >= 4 is 5.97 Å². The van der Waals surface area contributed by atoms with Gasteiger partial charge in [-0.25, -0.2) is 0 Å².